The Hall–Kier alpha value is 0.450. The fourth-order valence-electron chi connectivity index (χ4n) is 3.45. The largest absolute Gasteiger partial charge is 0.341 e. The lowest BCUT2D eigenvalue weighted by Gasteiger charge is -2.37. The van der Waals surface area contributed by atoms with Crippen molar-refractivity contribution in [2.24, 2.45) is 0 Å². The van der Waals surface area contributed by atoms with Gasteiger partial charge in [-0.2, -0.15) is 0 Å². The molecule has 0 amide bonds. The molecule has 1 saturated carbocycles. The molecule has 1 aliphatic carbocycles. The van der Waals surface area contributed by atoms with E-state index in [2.05, 4.69) is 0 Å². The summed E-state index contributed by atoms with van der Waals surface area (Å²) >= 11 is 5.34. The van der Waals surface area contributed by atoms with Crippen LogP contribution in [-0.4, -0.2) is 43.7 Å². The van der Waals surface area contributed by atoms with Crippen LogP contribution in [0.15, 0.2) is 0 Å². The molecule has 4 fully saturated rings. The second-order valence-electron chi connectivity index (χ2n) is 5.85. The summed E-state index contributed by atoms with van der Waals surface area (Å²) in [5, 5.41) is 0. The molecule has 0 aromatic rings. The molecule has 5 nitrogen and oxygen atoms in total. The highest BCUT2D eigenvalue weighted by atomic mass is 32.5. The zero-order valence-electron chi connectivity index (χ0n) is 10.9. The quantitative estimate of drug-likeness (QED) is 0.639. The number of ether oxygens (including phenoxy) is 3. The van der Waals surface area contributed by atoms with Gasteiger partial charge >= 0.3 is 0 Å². The average molecular weight is 306 g/mol. The topological polar surface area (TPSA) is 46.2 Å². The molecule has 3 heterocycles. The molecule has 0 N–H and O–H groups in total. The van der Waals surface area contributed by atoms with Gasteiger partial charge in [-0.1, -0.05) is 6.42 Å². The van der Waals surface area contributed by atoms with Gasteiger partial charge in [-0.05, 0) is 24.6 Å². The predicted molar refractivity (Wildman–Crippen MR) is 71.5 cm³/mol. The molecular weight excluding hydrogens is 287 g/mol. The lowest BCUT2D eigenvalue weighted by atomic mass is 9.94. The Morgan fingerprint density at radius 1 is 1.11 bits per heavy atom. The molecule has 108 valence electrons. The first-order chi connectivity index (χ1) is 9.07. The van der Waals surface area contributed by atoms with Crippen molar-refractivity contribution in [3.8, 4) is 0 Å². The van der Waals surface area contributed by atoms with Crippen molar-refractivity contribution in [2.75, 3.05) is 13.3 Å². The number of fused-ring (bicyclic) bond motifs is 3. The van der Waals surface area contributed by atoms with Crippen LogP contribution in [-0.2, 0) is 35.1 Å². The molecule has 0 radical (unpaired) electrons. The van der Waals surface area contributed by atoms with Gasteiger partial charge in [-0.3, -0.25) is 0 Å². The van der Waals surface area contributed by atoms with Gasteiger partial charge < -0.3 is 23.3 Å². The highest BCUT2D eigenvalue weighted by molar-refractivity contribution is 8.09. The summed E-state index contributed by atoms with van der Waals surface area (Å²) in [5.74, 6) is -0.434. The van der Waals surface area contributed by atoms with E-state index in [-0.39, 0.29) is 24.6 Å². The molecule has 4 rings (SSSR count). The number of hydrogen-bond donors (Lipinski definition) is 0. The summed E-state index contributed by atoms with van der Waals surface area (Å²) in [6.07, 6.45) is 4.79. The molecule has 0 aromatic heterocycles. The van der Waals surface area contributed by atoms with E-state index < -0.39 is 12.3 Å². The summed E-state index contributed by atoms with van der Waals surface area (Å²) in [6.45, 7) is 0.211. The molecule has 0 unspecified atom stereocenters. The van der Waals surface area contributed by atoms with Gasteiger partial charge in [0.1, 0.15) is 18.3 Å². The summed E-state index contributed by atoms with van der Waals surface area (Å²) in [7, 11) is 0. The fraction of sp³-hybridized carbons (Fsp3) is 1.00. The Labute approximate surface area is 118 Å². The van der Waals surface area contributed by atoms with Crippen LogP contribution in [0.1, 0.15) is 32.1 Å². The van der Waals surface area contributed by atoms with Crippen molar-refractivity contribution in [3.05, 3.63) is 0 Å². The molecule has 7 heteroatoms. The van der Waals surface area contributed by atoms with Crippen LogP contribution >= 0.6 is 6.49 Å². The highest BCUT2D eigenvalue weighted by Crippen LogP contribution is 2.55. The van der Waals surface area contributed by atoms with E-state index in [9.17, 15) is 0 Å². The lowest BCUT2D eigenvalue weighted by molar-refractivity contribution is -0.248. The third kappa shape index (κ3) is 2.22. The van der Waals surface area contributed by atoms with Crippen molar-refractivity contribution in [2.45, 2.75) is 62.5 Å². The minimum absolute atomic E-state index is 0.105. The van der Waals surface area contributed by atoms with Crippen LogP contribution in [0, 0.1) is 0 Å². The second kappa shape index (κ2) is 4.47. The smallest absolute Gasteiger partial charge is 0.190 e. The van der Waals surface area contributed by atoms with Crippen LogP contribution < -0.4 is 0 Å². The zero-order chi connectivity index (χ0) is 13.1. The number of rotatable bonds is 0. The van der Waals surface area contributed by atoms with Gasteiger partial charge in [-0.25, -0.2) is 0 Å². The van der Waals surface area contributed by atoms with Crippen molar-refractivity contribution in [1.82, 2.24) is 0 Å². The second-order valence-corrected chi connectivity index (χ2v) is 9.85. The predicted octanol–water partition coefficient (Wildman–Crippen LogP) is 2.14. The van der Waals surface area contributed by atoms with Crippen molar-refractivity contribution >= 4 is 18.3 Å². The molecule has 0 aromatic carbocycles. The monoisotopic (exact) mass is 306 g/mol. The first kappa shape index (κ1) is 13.1. The van der Waals surface area contributed by atoms with E-state index in [4.69, 9.17) is 35.1 Å². The van der Waals surface area contributed by atoms with Crippen LogP contribution in [0.2, 0.25) is 0 Å². The third-order valence-corrected chi connectivity index (χ3v) is 6.17. The van der Waals surface area contributed by atoms with Crippen LogP contribution in [0.3, 0.4) is 0 Å². The number of hydrogen-bond acceptors (Lipinski definition) is 6. The summed E-state index contributed by atoms with van der Waals surface area (Å²) < 4.78 is 29.6. The molecule has 4 aliphatic rings. The van der Waals surface area contributed by atoms with Gasteiger partial charge in [0.2, 0.25) is 0 Å². The van der Waals surface area contributed by atoms with Gasteiger partial charge in [0.05, 0.1) is 6.61 Å². The minimum Gasteiger partial charge on any atom is -0.341 e. The molecule has 19 heavy (non-hydrogen) atoms. The Bertz CT molecular complexity index is 424. The zero-order valence-corrected chi connectivity index (χ0v) is 12.7. The first-order valence-electron chi connectivity index (χ1n) is 6.99. The molecule has 1 spiro atoms. The minimum atomic E-state index is -2.14. The van der Waals surface area contributed by atoms with E-state index in [1.807, 2.05) is 6.66 Å². The van der Waals surface area contributed by atoms with Crippen LogP contribution in [0.5, 0.6) is 0 Å². The summed E-state index contributed by atoms with van der Waals surface area (Å²) in [5.41, 5.74) is 0. The summed E-state index contributed by atoms with van der Waals surface area (Å²) in [6, 6.07) is 0. The van der Waals surface area contributed by atoms with Crippen molar-refractivity contribution < 1.29 is 23.3 Å². The maximum Gasteiger partial charge on any atom is 0.190 e. The van der Waals surface area contributed by atoms with Gasteiger partial charge in [-0.15, -0.1) is 0 Å². The van der Waals surface area contributed by atoms with Gasteiger partial charge in [0, 0.05) is 19.5 Å². The Balaban J connectivity index is 1.53. The van der Waals surface area contributed by atoms with E-state index >= 15 is 0 Å². The molecule has 5 atom stereocenters. The normalized spacial score (nSPS) is 52.1. The van der Waals surface area contributed by atoms with E-state index in [1.165, 1.54) is 6.42 Å². The fourth-order valence-corrected chi connectivity index (χ4v) is 5.10. The van der Waals surface area contributed by atoms with E-state index in [1.54, 1.807) is 0 Å². The Morgan fingerprint density at radius 3 is 2.68 bits per heavy atom. The van der Waals surface area contributed by atoms with Crippen molar-refractivity contribution in [1.29, 1.82) is 0 Å². The average Bonchev–Trinajstić information content (AvgIpc) is 2.84. The van der Waals surface area contributed by atoms with E-state index in [0.717, 1.165) is 25.7 Å². The van der Waals surface area contributed by atoms with Gasteiger partial charge in [0.15, 0.2) is 18.6 Å². The molecule has 0 bridgehead atoms. The summed E-state index contributed by atoms with van der Waals surface area (Å²) in [4.78, 5) is 0. The third-order valence-electron chi connectivity index (χ3n) is 4.35. The SMILES string of the molecule is C[P@]1(=S)OC[C@H]2O[C@@H]3OC4(CCCCC4)O[C@@H]3[C@H]2O1. The maximum atomic E-state index is 6.22. The molecular formula is C12H19O5PS. The highest BCUT2D eigenvalue weighted by Gasteiger charge is 2.60. The van der Waals surface area contributed by atoms with Crippen LogP contribution in [0.25, 0.3) is 0 Å². The molecule has 3 saturated heterocycles. The Kier molecular flexibility index (Phi) is 3.09. The molecule has 3 aliphatic heterocycles. The standard InChI is InChI=1S/C12H19O5PS/c1-18(19)13-7-8-9(17-18)10-11(14-8)16-12(15-10)5-3-2-4-6-12/h8-11H,2-7H2,1H3/t8-,9+,10-,11-,18+/m1/s1. The van der Waals surface area contributed by atoms with Crippen molar-refractivity contribution in [3.63, 3.8) is 0 Å². The Morgan fingerprint density at radius 2 is 1.89 bits per heavy atom. The lowest BCUT2D eigenvalue weighted by Crippen LogP contribution is -2.42. The first-order valence-corrected chi connectivity index (χ1v) is 10.1. The van der Waals surface area contributed by atoms with E-state index in [0.29, 0.717) is 6.61 Å². The van der Waals surface area contributed by atoms with Gasteiger partial charge in [0.25, 0.3) is 0 Å². The maximum absolute atomic E-state index is 6.22. The van der Waals surface area contributed by atoms with Crippen LogP contribution in [0.4, 0.5) is 0 Å².